The van der Waals surface area contributed by atoms with E-state index in [0.29, 0.717) is 30.1 Å². The molecule has 2 atom stereocenters. The lowest BCUT2D eigenvalue weighted by Gasteiger charge is -2.29. The average Bonchev–Trinajstić information content (AvgIpc) is 3.07. The van der Waals surface area contributed by atoms with Crippen LogP contribution in [0.1, 0.15) is 55.8 Å². The van der Waals surface area contributed by atoms with Gasteiger partial charge < -0.3 is 15.0 Å². The number of anilines is 1. The lowest BCUT2D eigenvalue weighted by Crippen LogP contribution is -2.42. The van der Waals surface area contributed by atoms with Crippen LogP contribution >= 0.6 is 0 Å². The molecule has 2 fully saturated rings. The Bertz CT molecular complexity index is 688. The molecular weight excluding hydrogens is 332 g/mol. The van der Waals surface area contributed by atoms with E-state index in [1.54, 1.807) is 29.2 Å². The predicted octanol–water partition coefficient (Wildman–Crippen LogP) is 2.67. The number of rotatable bonds is 5. The quantitative estimate of drug-likeness (QED) is 0.821. The number of para-hydroxylation sites is 1. The van der Waals surface area contributed by atoms with Crippen LogP contribution in [0.2, 0.25) is 0 Å². The molecule has 1 N–H and O–H groups in total. The molecule has 1 aromatic rings. The predicted molar refractivity (Wildman–Crippen MR) is 97.9 cm³/mol. The summed E-state index contributed by atoms with van der Waals surface area (Å²) in [4.78, 5) is 38.2. The Morgan fingerprint density at radius 1 is 1.19 bits per heavy atom. The molecule has 1 aliphatic heterocycles. The third kappa shape index (κ3) is 4.23. The number of nitrogens with one attached hydrogen (secondary N) is 1. The van der Waals surface area contributed by atoms with Crippen LogP contribution in [0.25, 0.3) is 0 Å². The Balaban J connectivity index is 1.58. The molecule has 2 aliphatic rings. The van der Waals surface area contributed by atoms with Crippen molar-refractivity contribution in [3.8, 4) is 0 Å². The van der Waals surface area contributed by atoms with Crippen LogP contribution < -0.4 is 10.2 Å². The number of esters is 1. The number of carbonyl (C=O) groups excluding carboxylic acids is 3. The van der Waals surface area contributed by atoms with Gasteiger partial charge in [0, 0.05) is 19.0 Å². The molecule has 0 spiro atoms. The van der Waals surface area contributed by atoms with Crippen LogP contribution in [-0.2, 0) is 14.3 Å². The minimum atomic E-state index is -0.577. The van der Waals surface area contributed by atoms with Crippen LogP contribution in [0.3, 0.4) is 0 Å². The van der Waals surface area contributed by atoms with Gasteiger partial charge in [-0.2, -0.15) is 0 Å². The molecule has 1 saturated carbocycles. The Morgan fingerprint density at radius 2 is 1.96 bits per heavy atom. The minimum absolute atomic E-state index is 0.00859. The summed E-state index contributed by atoms with van der Waals surface area (Å²) in [5.74, 6) is -0.390. The lowest BCUT2D eigenvalue weighted by molar-refractivity contribution is -0.125. The second kappa shape index (κ2) is 8.34. The molecule has 26 heavy (non-hydrogen) atoms. The highest BCUT2D eigenvalue weighted by Crippen LogP contribution is 2.26. The molecule has 6 nitrogen and oxygen atoms in total. The van der Waals surface area contributed by atoms with E-state index in [9.17, 15) is 14.4 Å². The summed E-state index contributed by atoms with van der Waals surface area (Å²) in [5.41, 5.74) is 0.878. The van der Waals surface area contributed by atoms with Gasteiger partial charge in [0.05, 0.1) is 11.3 Å². The number of ether oxygens (including phenoxy) is 1. The largest absolute Gasteiger partial charge is 0.452 e. The monoisotopic (exact) mass is 358 g/mol. The number of amides is 2. The third-order valence-corrected chi connectivity index (χ3v) is 5.28. The lowest BCUT2D eigenvalue weighted by atomic mass is 9.86. The molecule has 1 saturated heterocycles. The second-order valence-corrected chi connectivity index (χ2v) is 7.18. The number of hydrogen-bond donors (Lipinski definition) is 1. The van der Waals surface area contributed by atoms with Crippen molar-refractivity contribution in [3.63, 3.8) is 0 Å². The van der Waals surface area contributed by atoms with Gasteiger partial charge in [0.25, 0.3) is 5.91 Å². The smallest absolute Gasteiger partial charge is 0.340 e. The molecule has 140 valence electrons. The van der Waals surface area contributed by atoms with Gasteiger partial charge in [-0.3, -0.25) is 9.59 Å². The van der Waals surface area contributed by atoms with Crippen molar-refractivity contribution in [2.75, 3.05) is 18.1 Å². The van der Waals surface area contributed by atoms with E-state index >= 15 is 0 Å². The second-order valence-electron chi connectivity index (χ2n) is 7.18. The highest BCUT2D eigenvalue weighted by Gasteiger charge is 2.27. The van der Waals surface area contributed by atoms with Crippen molar-refractivity contribution in [3.05, 3.63) is 29.8 Å². The average molecular weight is 358 g/mol. The topological polar surface area (TPSA) is 75.7 Å². The highest BCUT2D eigenvalue weighted by atomic mass is 16.5. The molecule has 2 amide bonds. The SMILES string of the molecule is C[C@H]1CCCC[C@H]1NC(=O)COC(=O)c1ccccc1N1CCCC1=O. The summed E-state index contributed by atoms with van der Waals surface area (Å²) in [6, 6.07) is 7.04. The Kier molecular flexibility index (Phi) is 5.91. The van der Waals surface area contributed by atoms with Gasteiger partial charge in [-0.05, 0) is 37.3 Å². The van der Waals surface area contributed by atoms with Crippen LogP contribution in [0.5, 0.6) is 0 Å². The first-order valence-corrected chi connectivity index (χ1v) is 9.42. The molecular formula is C20H26N2O4. The maximum absolute atomic E-state index is 12.4. The van der Waals surface area contributed by atoms with Crippen LogP contribution in [0, 0.1) is 5.92 Å². The maximum atomic E-state index is 12.4. The fourth-order valence-corrected chi connectivity index (χ4v) is 3.77. The first-order chi connectivity index (χ1) is 12.6. The molecule has 0 radical (unpaired) electrons. The van der Waals surface area contributed by atoms with Crippen molar-refractivity contribution in [2.24, 2.45) is 5.92 Å². The summed E-state index contributed by atoms with van der Waals surface area (Å²) in [7, 11) is 0. The number of carbonyl (C=O) groups is 3. The number of hydrogen-bond acceptors (Lipinski definition) is 4. The van der Waals surface area contributed by atoms with Gasteiger partial charge >= 0.3 is 5.97 Å². The number of nitrogens with zero attached hydrogens (tertiary/aromatic N) is 1. The molecule has 0 bridgehead atoms. The van der Waals surface area contributed by atoms with Crippen molar-refractivity contribution in [2.45, 2.75) is 51.5 Å². The molecule has 6 heteroatoms. The van der Waals surface area contributed by atoms with E-state index in [4.69, 9.17) is 4.74 Å². The molecule has 0 aromatic heterocycles. The molecule has 1 heterocycles. The first-order valence-electron chi connectivity index (χ1n) is 9.42. The van der Waals surface area contributed by atoms with E-state index in [0.717, 1.165) is 25.7 Å². The molecule has 0 unspecified atom stereocenters. The van der Waals surface area contributed by atoms with E-state index in [1.807, 2.05) is 0 Å². The van der Waals surface area contributed by atoms with Crippen molar-refractivity contribution < 1.29 is 19.1 Å². The maximum Gasteiger partial charge on any atom is 0.340 e. The standard InChI is InChI=1S/C20H26N2O4/c1-14-7-2-4-9-16(14)21-18(23)13-26-20(25)15-8-3-5-10-17(15)22-12-6-11-19(22)24/h3,5,8,10,14,16H,2,4,6-7,9,11-13H2,1H3,(H,21,23)/t14-,16+/m0/s1. The van der Waals surface area contributed by atoms with Crippen LogP contribution in [0.4, 0.5) is 5.69 Å². The van der Waals surface area contributed by atoms with Gasteiger partial charge in [-0.25, -0.2) is 4.79 Å². The van der Waals surface area contributed by atoms with E-state index < -0.39 is 5.97 Å². The van der Waals surface area contributed by atoms with Crippen LogP contribution in [-0.4, -0.2) is 37.0 Å². The normalized spacial score (nSPS) is 23.0. The fraction of sp³-hybridized carbons (Fsp3) is 0.550. The van der Waals surface area contributed by atoms with Gasteiger partial charge in [-0.15, -0.1) is 0 Å². The zero-order valence-corrected chi connectivity index (χ0v) is 15.2. The van der Waals surface area contributed by atoms with Crippen molar-refractivity contribution in [1.82, 2.24) is 5.32 Å². The van der Waals surface area contributed by atoms with Gasteiger partial charge in [-0.1, -0.05) is 31.9 Å². The third-order valence-electron chi connectivity index (χ3n) is 5.28. The first kappa shape index (κ1) is 18.4. The Labute approximate surface area is 153 Å². The van der Waals surface area contributed by atoms with Crippen molar-refractivity contribution >= 4 is 23.5 Å². The van der Waals surface area contributed by atoms with Gasteiger partial charge in [0.1, 0.15) is 0 Å². The minimum Gasteiger partial charge on any atom is -0.452 e. The fourth-order valence-electron chi connectivity index (χ4n) is 3.77. The molecule has 1 aliphatic carbocycles. The zero-order chi connectivity index (χ0) is 18.5. The summed E-state index contributed by atoms with van der Waals surface area (Å²) in [6.45, 7) is 2.44. The van der Waals surface area contributed by atoms with Crippen molar-refractivity contribution in [1.29, 1.82) is 0 Å². The summed E-state index contributed by atoms with van der Waals surface area (Å²) in [6.07, 6.45) is 5.68. The highest BCUT2D eigenvalue weighted by molar-refractivity contribution is 6.03. The molecule has 1 aromatic carbocycles. The summed E-state index contributed by atoms with van der Waals surface area (Å²) >= 11 is 0. The Morgan fingerprint density at radius 3 is 2.69 bits per heavy atom. The number of benzene rings is 1. The molecule has 3 rings (SSSR count). The van der Waals surface area contributed by atoms with E-state index in [2.05, 4.69) is 12.2 Å². The van der Waals surface area contributed by atoms with Crippen LogP contribution in [0.15, 0.2) is 24.3 Å². The van der Waals surface area contributed by atoms with E-state index in [-0.39, 0.29) is 24.5 Å². The summed E-state index contributed by atoms with van der Waals surface area (Å²) in [5, 5.41) is 2.97. The van der Waals surface area contributed by atoms with Gasteiger partial charge in [0.2, 0.25) is 5.91 Å². The Hall–Kier alpha value is -2.37. The van der Waals surface area contributed by atoms with Gasteiger partial charge in [0.15, 0.2) is 6.61 Å². The summed E-state index contributed by atoms with van der Waals surface area (Å²) < 4.78 is 5.21. The van der Waals surface area contributed by atoms with E-state index in [1.165, 1.54) is 6.42 Å². The zero-order valence-electron chi connectivity index (χ0n) is 15.2.